The predicted molar refractivity (Wildman–Crippen MR) is 107 cm³/mol. The van der Waals surface area contributed by atoms with Gasteiger partial charge in [-0.25, -0.2) is 0 Å². The SMILES string of the molecule is COc1ccc(CC(=O)N2CCN(C(=O)c3cccs3)CC2)c(OC)c1OC. The molecule has 0 radical (unpaired) electrons. The van der Waals surface area contributed by atoms with E-state index in [2.05, 4.69) is 0 Å². The van der Waals surface area contributed by atoms with Crippen LogP contribution in [0.3, 0.4) is 0 Å². The van der Waals surface area contributed by atoms with E-state index in [1.54, 1.807) is 30.1 Å². The Labute approximate surface area is 168 Å². The highest BCUT2D eigenvalue weighted by molar-refractivity contribution is 7.12. The van der Waals surface area contributed by atoms with Crippen LogP contribution in [0.4, 0.5) is 0 Å². The Balaban J connectivity index is 1.64. The molecule has 28 heavy (non-hydrogen) atoms. The third kappa shape index (κ3) is 4.06. The largest absolute Gasteiger partial charge is 0.493 e. The fraction of sp³-hybridized carbons (Fsp3) is 0.400. The van der Waals surface area contributed by atoms with Crippen LogP contribution in [0.5, 0.6) is 17.2 Å². The van der Waals surface area contributed by atoms with Crippen molar-refractivity contribution in [3.63, 3.8) is 0 Å². The highest BCUT2D eigenvalue weighted by atomic mass is 32.1. The zero-order valence-electron chi connectivity index (χ0n) is 16.3. The van der Waals surface area contributed by atoms with Crippen LogP contribution in [0, 0.1) is 0 Å². The lowest BCUT2D eigenvalue weighted by Crippen LogP contribution is -2.50. The van der Waals surface area contributed by atoms with Gasteiger partial charge in [-0.05, 0) is 17.5 Å². The number of amides is 2. The molecular formula is C20H24N2O5S. The number of carbonyl (C=O) groups is 2. The summed E-state index contributed by atoms with van der Waals surface area (Å²) in [7, 11) is 4.63. The molecule has 3 rings (SSSR count). The van der Waals surface area contributed by atoms with Crippen LogP contribution in [-0.4, -0.2) is 69.1 Å². The lowest BCUT2D eigenvalue weighted by molar-refractivity contribution is -0.131. The average Bonchev–Trinajstić information content (AvgIpc) is 3.27. The highest BCUT2D eigenvalue weighted by Crippen LogP contribution is 2.40. The molecule has 0 spiro atoms. The predicted octanol–water partition coefficient (Wildman–Crippen LogP) is 2.30. The van der Waals surface area contributed by atoms with Gasteiger partial charge in [0.25, 0.3) is 5.91 Å². The van der Waals surface area contributed by atoms with Crippen LogP contribution < -0.4 is 14.2 Å². The molecule has 1 fully saturated rings. The molecule has 2 amide bonds. The average molecular weight is 404 g/mol. The van der Waals surface area contributed by atoms with Crippen LogP contribution in [0.1, 0.15) is 15.2 Å². The van der Waals surface area contributed by atoms with Crippen molar-refractivity contribution in [1.29, 1.82) is 0 Å². The first kappa shape index (κ1) is 20.0. The summed E-state index contributed by atoms with van der Waals surface area (Å²) in [6.45, 7) is 2.11. The molecule has 1 aliphatic heterocycles. The maximum Gasteiger partial charge on any atom is 0.264 e. The van der Waals surface area contributed by atoms with Crippen molar-refractivity contribution < 1.29 is 23.8 Å². The summed E-state index contributed by atoms with van der Waals surface area (Å²) in [6.07, 6.45) is 0.197. The third-order valence-corrected chi connectivity index (χ3v) is 5.64. The quantitative estimate of drug-likeness (QED) is 0.739. The summed E-state index contributed by atoms with van der Waals surface area (Å²) < 4.78 is 16.1. The minimum Gasteiger partial charge on any atom is -0.493 e. The first-order valence-electron chi connectivity index (χ1n) is 8.97. The zero-order valence-corrected chi connectivity index (χ0v) is 17.1. The van der Waals surface area contributed by atoms with Crippen LogP contribution >= 0.6 is 11.3 Å². The molecule has 0 saturated carbocycles. The van der Waals surface area contributed by atoms with Gasteiger partial charge < -0.3 is 24.0 Å². The van der Waals surface area contributed by atoms with Crippen LogP contribution in [0.25, 0.3) is 0 Å². The molecule has 1 saturated heterocycles. The van der Waals surface area contributed by atoms with Gasteiger partial charge in [-0.2, -0.15) is 0 Å². The number of rotatable bonds is 6. The van der Waals surface area contributed by atoms with Gasteiger partial charge in [0.2, 0.25) is 11.7 Å². The highest BCUT2D eigenvalue weighted by Gasteiger charge is 2.26. The number of hydrogen-bond acceptors (Lipinski definition) is 6. The second kappa shape index (κ2) is 8.97. The van der Waals surface area contributed by atoms with E-state index in [1.165, 1.54) is 18.4 Å². The molecular weight excluding hydrogens is 380 g/mol. The van der Waals surface area contributed by atoms with E-state index in [-0.39, 0.29) is 18.2 Å². The van der Waals surface area contributed by atoms with Crippen LogP contribution in [0.15, 0.2) is 29.6 Å². The van der Waals surface area contributed by atoms with Gasteiger partial charge in [0.1, 0.15) is 0 Å². The van der Waals surface area contributed by atoms with Gasteiger partial charge >= 0.3 is 0 Å². The smallest absolute Gasteiger partial charge is 0.264 e. The normalized spacial score (nSPS) is 14.0. The Kier molecular flexibility index (Phi) is 6.41. The lowest BCUT2D eigenvalue weighted by atomic mass is 10.1. The molecule has 150 valence electrons. The van der Waals surface area contributed by atoms with Gasteiger partial charge in [0.05, 0.1) is 32.6 Å². The molecule has 0 atom stereocenters. The number of piperazine rings is 1. The number of benzene rings is 1. The summed E-state index contributed by atoms with van der Waals surface area (Å²) in [5.41, 5.74) is 0.738. The molecule has 1 aliphatic rings. The topological polar surface area (TPSA) is 68.3 Å². The number of thiophene rings is 1. The molecule has 0 aliphatic carbocycles. The molecule has 0 bridgehead atoms. The Hall–Kier alpha value is -2.74. The van der Waals surface area contributed by atoms with Crippen molar-refractivity contribution in [3.05, 3.63) is 40.1 Å². The molecule has 0 unspecified atom stereocenters. The summed E-state index contributed by atoms with van der Waals surface area (Å²) in [5, 5.41) is 1.89. The van der Waals surface area contributed by atoms with Crippen molar-refractivity contribution in [2.45, 2.75) is 6.42 Å². The first-order chi connectivity index (χ1) is 13.6. The van der Waals surface area contributed by atoms with Gasteiger partial charge in [0, 0.05) is 31.7 Å². The standard InChI is InChI=1S/C20H24N2O5S/c1-25-15-7-6-14(18(26-2)19(15)27-3)13-17(23)21-8-10-22(11-9-21)20(24)16-5-4-12-28-16/h4-7,12H,8-11,13H2,1-3H3. The summed E-state index contributed by atoms with van der Waals surface area (Å²) >= 11 is 1.44. The molecule has 1 aromatic carbocycles. The van der Waals surface area contributed by atoms with Crippen molar-refractivity contribution >= 4 is 23.2 Å². The number of hydrogen-bond donors (Lipinski definition) is 0. The van der Waals surface area contributed by atoms with E-state index in [4.69, 9.17) is 14.2 Å². The van der Waals surface area contributed by atoms with E-state index >= 15 is 0 Å². The Morgan fingerprint density at radius 2 is 1.61 bits per heavy atom. The van der Waals surface area contributed by atoms with E-state index < -0.39 is 0 Å². The monoisotopic (exact) mass is 404 g/mol. The number of carbonyl (C=O) groups excluding carboxylic acids is 2. The van der Waals surface area contributed by atoms with Crippen LogP contribution in [0.2, 0.25) is 0 Å². The van der Waals surface area contributed by atoms with E-state index in [9.17, 15) is 9.59 Å². The zero-order chi connectivity index (χ0) is 20.1. The third-order valence-electron chi connectivity index (χ3n) is 4.78. The van der Waals surface area contributed by atoms with Crippen molar-refractivity contribution in [2.24, 2.45) is 0 Å². The molecule has 8 heteroatoms. The molecule has 0 N–H and O–H groups in total. The minimum atomic E-state index is -0.00579. The lowest BCUT2D eigenvalue weighted by Gasteiger charge is -2.34. The maximum absolute atomic E-state index is 12.8. The molecule has 1 aromatic heterocycles. The van der Waals surface area contributed by atoms with Gasteiger partial charge in [-0.1, -0.05) is 12.1 Å². The van der Waals surface area contributed by atoms with Crippen molar-refractivity contribution in [3.8, 4) is 17.2 Å². The molecule has 7 nitrogen and oxygen atoms in total. The Bertz CT molecular complexity index is 829. The number of methoxy groups -OCH3 is 3. The first-order valence-corrected chi connectivity index (χ1v) is 9.85. The van der Waals surface area contributed by atoms with Gasteiger partial charge in [-0.3, -0.25) is 9.59 Å². The fourth-order valence-corrected chi connectivity index (χ4v) is 3.98. The Morgan fingerprint density at radius 1 is 0.929 bits per heavy atom. The molecule has 2 heterocycles. The van der Waals surface area contributed by atoms with E-state index in [0.29, 0.717) is 43.4 Å². The van der Waals surface area contributed by atoms with Crippen molar-refractivity contribution in [2.75, 3.05) is 47.5 Å². The minimum absolute atomic E-state index is 0.00579. The summed E-state index contributed by atoms with van der Waals surface area (Å²) in [4.78, 5) is 29.5. The summed E-state index contributed by atoms with van der Waals surface area (Å²) in [6, 6.07) is 7.28. The molecule has 2 aromatic rings. The van der Waals surface area contributed by atoms with Gasteiger partial charge in [0.15, 0.2) is 11.5 Å². The van der Waals surface area contributed by atoms with Crippen LogP contribution in [-0.2, 0) is 11.2 Å². The Morgan fingerprint density at radius 3 is 2.18 bits per heavy atom. The number of ether oxygens (including phenoxy) is 3. The maximum atomic E-state index is 12.8. The second-order valence-electron chi connectivity index (χ2n) is 6.32. The van der Waals surface area contributed by atoms with E-state index in [0.717, 1.165) is 10.4 Å². The number of nitrogens with zero attached hydrogens (tertiary/aromatic N) is 2. The summed E-state index contributed by atoms with van der Waals surface area (Å²) in [5.74, 6) is 1.55. The van der Waals surface area contributed by atoms with Crippen molar-refractivity contribution in [1.82, 2.24) is 9.80 Å². The van der Waals surface area contributed by atoms with Gasteiger partial charge in [-0.15, -0.1) is 11.3 Å². The van der Waals surface area contributed by atoms with E-state index in [1.807, 2.05) is 23.6 Å². The second-order valence-corrected chi connectivity index (χ2v) is 7.27. The fourth-order valence-electron chi connectivity index (χ4n) is 3.29.